The maximum atomic E-state index is 12.5. The number of ether oxygens (including phenoxy) is 1. The van der Waals surface area contributed by atoms with E-state index in [-0.39, 0.29) is 11.9 Å². The third kappa shape index (κ3) is 3.95. The second-order valence-electron chi connectivity index (χ2n) is 4.23. The molecule has 1 atom stereocenters. The molecule has 0 bridgehead atoms. The maximum Gasteiger partial charge on any atom is 0.255 e. The van der Waals surface area contributed by atoms with Crippen LogP contribution in [0, 0.1) is 3.57 Å². The molecule has 0 aliphatic rings. The molecule has 100 valence electrons. The lowest BCUT2D eigenvalue weighted by molar-refractivity contribution is 0.0613. The van der Waals surface area contributed by atoms with Crippen LogP contribution in [0.1, 0.15) is 30.6 Å². The highest BCUT2D eigenvalue weighted by molar-refractivity contribution is 14.1. The van der Waals surface area contributed by atoms with Crippen LogP contribution in [0.4, 0.5) is 0 Å². The summed E-state index contributed by atoms with van der Waals surface area (Å²) in [7, 11) is 1.66. The fourth-order valence-electron chi connectivity index (χ4n) is 1.72. The van der Waals surface area contributed by atoms with Crippen LogP contribution in [0.25, 0.3) is 0 Å². The van der Waals surface area contributed by atoms with Crippen molar-refractivity contribution in [3.05, 3.63) is 33.4 Å². The van der Waals surface area contributed by atoms with Gasteiger partial charge >= 0.3 is 0 Å². The molecule has 0 aliphatic carbocycles. The molecule has 0 heterocycles. The van der Waals surface area contributed by atoms with E-state index in [1.165, 1.54) is 0 Å². The average Bonchev–Trinajstić information content (AvgIpc) is 2.39. The quantitative estimate of drug-likeness (QED) is 0.729. The summed E-state index contributed by atoms with van der Waals surface area (Å²) < 4.78 is 6.08. The van der Waals surface area contributed by atoms with Gasteiger partial charge in [-0.2, -0.15) is 0 Å². The summed E-state index contributed by atoms with van der Waals surface area (Å²) in [5.74, 6) is 0.0893. The van der Waals surface area contributed by atoms with Gasteiger partial charge in [-0.1, -0.05) is 19.1 Å². The number of amides is 1. The van der Waals surface area contributed by atoms with E-state index in [2.05, 4.69) is 36.4 Å². The van der Waals surface area contributed by atoms with Gasteiger partial charge in [0.1, 0.15) is 0 Å². The normalized spacial score (nSPS) is 12.2. The van der Waals surface area contributed by atoms with Crippen molar-refractivity contribution in [2.75, 3.05) is 20.3 Å². The summed E-state index contributed by atoms with van der Waals surface area (Å²) in [6, 6.07) is 7.91. The summed E-state index contributed by atoms with van der Waals surface area (Å²) in [5.41, 5.74) is 0.773. The second-order valence-corrected chi connectivity index (χ2v) is 5.39. The predicted octanol–water partition coefficient (Wildman–Crippen LogP) is 3.18. The number of carbonyl (C=O) groups excluding carboxylic acids is 1. The molecule has 0 N–H and O–H groups in total. The molecule has 1 aromatic rings. The number of rotatable bonds is 6. The molecule has 18 heavy (non-hydrogen) atoms. The Morgan fingerprint density at radius 2 is 2.11 bits per heavy atom. The first kappa shape index (κ1) is 15.4. The van der Waals surface area contributed by atoms with Crippen molar-refractivity contribution in [2.24, 2.45) is 0 Å². The topological polar surface area (TPSA) is 29.5 Å². The Morgan fingerprint density at radius 3 is 2.67 bits per heavy atom. The molecular weight excluding hydrogens is 341 g/mol. The Hall–Kier alpha value is -0.620. The fourth-order valence-corrected chi connectivity index (χ4v) is 2.34. The minimum absolute atomic E-state index is 0.0893. The molecule has 0 aliphatic heterocycles. The third-order valence-corrected chi connectivity index (χ3v) is 3.97. The Morgan fingerprint density at radius 1 is 1.44 bits per heavy atom. The van der Waals surface area contributed by atoms with Crippen LogP contribution in [0.5, 0.6) is 0 Å². The third-order valence-electron chi connectivity index (χ3n) is 3.02. The standard InChI is InChI=1S/C14H20INO2/c1-4-11(2)16(9-10-18-3)14(17)12-7-5-6-8-13(12)15/h5-8,11H,4,9-10H2,1-3H3. The maximum absolute atomic E-state index is 12.5. The Bertz CT molecular complexity index is 395. The van der Waals surface area contributed by atoms with Gasteiger partial charge in [-0.05, 0) is 48.1 Å². The molecule has 1 unspecified atom stereocenters. The Kier molecular flexibility index (Phi) is 6.63. The molecule has 0 spiro atoms. The number of halogens is 1. The van der Waals surface area contributed by atoms with E-state index in [0.717, 1.165) is 15.6 Å². The molecule has 1 amide bonds. The number of benzene rings is 1. The van der Waals surface area contributed by atoms with E-state index in [9.17, 15) is 4.79 Å². The van der Waals surface area contributed by atoms with Gasteiger partial charge < -0.3 is 9.64 Å². The SMILES string of the molecule is CCC(C)N(CCOC)C(=O)c1ccccc1I. The van der Waals surface area contributed by atoms with Gasteiger partial charge in [-0.3, -0.25) is 4.79 Å². The Balaban J connectivity index is 2.91. The molecule has 4 heteroatoms. The first-order valence-electron chi connectivity index (χ1n) is 6.16. The minimum atomic E-state index is 0.0893. The first-order chi connectivity index (χ1) is 8.61. The predicted molar refractivity (Wildman–Crippen MR) is 81.8 cm³/mol. The van der Waals surface area contributed by atoms with Gasteiger partial charge in [0.05, 0.1) is 12.2 Å². The first-order valence-corrected chi connectivity index (χ1v) is 7.24. The number of hydrogen-bond acceptors (Lipinski definition) is 2. The molecule has 0 fully saturated rings. The van der Waals surface area contributed by atoms with Crippen LogP contribution in [-0.2, 0) is 4.74 Å². The monoisotopic (exact) mass is 361 g/mol. The highest BCUT2D eigenvalue weighted by Crippen LogP contribution is 2.16. The highest BCUT2D eigenvalue weighted by atomic mass is 127. The van der Waals surface area contributed by atoms with Crippen molar-refractivity contribution in [2.45, 2.75) is 26.3 Å². The summed E-state index contributed by atoms with van der Waals surface area (Å²) >= 11 is 2.20. The number of carbonyl (C=O) groups is 1. The number of methoxy groups -OCH3 is 1. The zero-order valence-electron chi connectivity index (χ0n) is 11.1. The van der Waals surface area contributed by atoms with Gasteiger partial charge in [-0.15, -0.1) is 0 Å². The number of hydrogen-bond donors (Lipinski definition) is 0. The zero-order valence-corrected chi connectivity index (χ0v) is 13.3. The van der Waals surface area contributed by atoms with E-state index < -0.39 is 0 Å². The zero-order chi connectivity index (χ0) is 13.5. The molecule has 0 saturated carbocycles. The van der Waals surface area contributed by atoms with Crippen molar-refractivity contribution >= 4 is 28.5 Å². The lowest BCUT2D eigenvalue weighted by atomic mass is 10.1. The van der Waals surface area contributed by atoms with E-state index in [4.69, 9.17) is 4.74 Å². The van der Waals surface area contributed by atoms with Gasteiger partial charge in [0.25, 0.3) is 5.91 Å². The van der Waals surface area contributed by atoms with Crippen molar-refractivity contribution < 1.29 is 9.53 Å². The second kappa shape index (κ2) is 7.74. The summed E-state index contributed by atoms with van der Waals surface area (Å²) in [6.07, 6.45) is 0.943. The van der Waals surface area contributed by atoms with E-state index in [0.29, 0.717) is 13.2 Å². The van der Waals surface area contributed by atoms with Gasteiger partial charge in [0.2, 0.25) is 0 Å². The minimum Gasteiger partial charge on any atom is -0.383 e. The van der Waals surface area contributed by atoms with Gasteiger partial charge in [0.15, 0.2) is 0 Å². The molecule has 1 aromatic carbocycles. The summed E-state index contributed by atoms with van der Waals surface area (Å²) in [5, 5.41) is 0. The largest absolute Gasteiger partial charge is 0.383 e. The molecule has 3 nitrogen and oxygen atoms in total. The van der Waals surface area contributed by atoms with E-state index >= 15 is 0 Å². The lowest BCUT2D eigenvalue weighted by Gasteiger charge is -2.28. The van der Waals surface area contributed by atoms with Crippen LogP contribution in [-0.4, -0.2) is 37.1 Å². The lowest BCUT2D eigenvalue weighted by Crippen LogP contribution is -2.40. The summed E-state index contributed by atoms with van der Waals surface area (Å²) in [4.78, 5) is 14.4. The Labute approximate surface area is 123 Å². The molecule has 0 aromatic heterocycles. The number of nitrogens with zero attached hydrogens (tertiary/aromatic N) is 1. The van der Waals surface area contributed by atoms with Crippen molar-refractivity contribution in [3.63, 3.8) is 0 Å². The van der Waals surface area contributed by atoms with E-state index in [1.807, 2.05) is 29.2 Å². The molecule has 1 rings (SSSR count). The molecular formula is C14H20INO2. The van der Waals surface area contributed by atoms with Gasteiger partial charge in [-0.25, -0.2) is 0 Å². The van der Waals surface area contributed by atoms with Crippen LogP contribution in [0.15, 0.2) is 24.3 Å². The highest BCUT2D eigenvalue weighted by Gasteiger charge is 2.21. The average molecular weight is 361 g/mol. The van der Waals surface area contributed by atoms with Crippen molar-refractivity contribution in [1.29, 1.82) is 0 Å². The van der Waals surface area contributed by atoms with Crippen LogP contribution in [0.2, 0.25) is 0 Å². The van der Waals surface area contributed by atoms with E-state index in [1.54, 1.807) is 7.11 Å². The molecule has 0 radical (unpaired) electrons. The van der Waals surface area contributed by atoms with Crippen LogP contribution < -0.4 is 0 Å². The molecule has 0 saturated heterocycles. The van der Waals surface area contributed by atoms with Crippen LogP contribution >= 0.6 is 22.6 Å². The van der Waals surface area contributed by atoms with Gasteiger partial charge in [0, 0.05) is 23.3 Å². The fraction of sp³-hybridized carbons (Fsp3) is 0.500. The van der Waals surface area contributed by atoms with Crippen molar-refractivity contribution in [3.8, 4) is 0 Å². The summed E-state index contributed by atoms with van der Waals surface area (Å²) in [6.45, 7) is 5.37. The van der Waals surface area contributed by atoms with Crippen molar-refractivity contribution in [1.82, 2.24) is 4.90 Å². The van der Waals surface area contributed by atoms with Crippen LogP contribution in [0.3, 0.4) is 0 Å². The smallest absolute Gasteiger partial charge is 0.255 e.